The number of nitrogens with zero attached hydrogens (tertiary/aromatic N) is 3. The van der Waals surface area contributed by atoms with Gasteiger partial charge in [0.2, 0.25) is 0 Å². The first kappa shape index (κ1) is 18.9. The normalized spacial score (nSPS) is 12.6. The van der Waals surface area contributed by atoms with Gasteiger partial charge in [-0.15, -0.1) is 0 Å². The minimum Gasteiger partial charge on any atom is -0.372 e. The fraction of sp³-hybridized carbons (Fsp3) is 0.250. The van der Waals surface area contributed by atoms with E-state index in [4.69, 9.17) is 0 Å². The summed E-state index contributed by atoms with van der Waals surface area (Å²) in [7, 11) is 1.33. The Hall–Kier alpha value is -2.85. The van der Waals surface area contributed by atoms with Crippen LogP contribution in [-0.2, 0) is 19.0 Å². The van der Waals surface area contributed by atoms with Gasteiger partial charge in [-0.3, -0.25) is 0 Å². The van der Waals surface area contributed by atoms with Crippen molar-refractivity contribution in [1.82, 2.24) is 14.8 Å². The van der Waals surface area contributed by atoms with Crippen molar-refractivity contribution in [1.29, 1.82) is 0 Å². The topological polar surface area (TPSA) is 42.7 Å². The molecule has 0 aliphatic carbocycles. The lowest BCUT2D eigenvalue weighted by atomic mass is 10.2. The van der Waals surface area contributed by atoms with Crippen LogP contribution in [0.1, 0.15) is 17.0 Å². The quantitative estimate of drug-likeness (QED) is 0.640. The number of benzene rings is 1. The summed E-state index contributed by atoms with van der Waals surface area (Å²) in [5.41, 5.74) is -2.77. The fourth-order valence-corrected chi connectivity index (χ4v) is 2.64. The number of fused-ring (bicyclic) bond motifs is 1. The molecular weight excluding hydrogens is 381 g/mol. The average Bonchev–Trinajstić information content (AvgIpc) is 2.97. The largest absolute Gasteiger partial charge is 0.434 e. The molecule has 0 aliphatic heterocycles. The van der Waals surface area contributed by atoms with Gasteiger partial charge in [-0.25, -0.2) is 14.1 Å². The molecule has 0 radical (unpaired) electrons. The van der Waals surface area contributed by atoms with E-state index in [1.54, 1.807) is 0 Å². The van der Waals surface area contributed by atoms with E-state index >= 15 is 0 Å². The lowest BCUT2D eigenvalue weighted by Crippen LogP contribution is -2.11. The molecule has 0 spiro atoms. The third kappa shape index (κ3) is 3.40. The van der Waals surface area contributed by atoms with Crippen molar-refractivity contribution in [3.8, 4) is 5.69 Å². The highest BCUT2D eigenvalue weighted by atomic mass is 19.4. The molecule has 0 aliphatic rings. The molecule has 2 heterocycles. The van der Waals surface area contributed by atoms with Gasteiger partial charge in [0, 0.05) is 7.05 Å². The number of rotatable bonds is 3. The van der Waals surface area contributed by atoms with Gasteiger partial charge in [0.25, 0.3) is 0 Å². The average molecular weight is 392 g/mol. The number of hydrogen-bond acceptors (Lipinski definition) is 3. The van der Waals surface area contributed by atoms with Crippen LogP contribution in [-0.4, -0.2) is 21.8 Å². The van der Waals surface area contributed by atoms with Crippen LogP contribution in [0.2, 0.25) is 0 Å². The molecule has 0 unspecified atom stereocenters. The first-order valence-electron chi connectivity index (χ1n) is 7.47. The fourth-order valence-electron chi connectivity index (χ4n) is 2.64. The number of anilines is 1. The molecule has 0 saturated carbocycles. The Kier molecular flexibility index (Phi) is 4.48. The monoisotopic (exact) mass is 392 g/mol. The molecule has 1 N–H and O–H groups in total. The van der Waals surface area contributed by atoms with E-state index in [-0.39, 0.29) is 17.0 Å². The summed E-state index contributed by atoms with van der Waals surface area (Å²) in [5, 5.41) is 6.15. The van der Waals surface area contributed by atoms with E-state index in [0.29, 0.717) is 0 Å². The second-order valence-electron chi connectivity index (χ2n) is 5.54. The lowest BCUT2D eigenvalue weighted by Gasteiger charge is -2.11. The van der Waals surface area contributed by atoms with E-state index < -0.39 is 41.4 Å². The highest BCUT2D eigenvalue weighted by Crippen LogP contribution is 2.38. The summed E-state index contributed by atoms with van der Waals surface area (Å²) in [6.07, 6.45) is -9.42. The van der Waals surface area contributed by atoms with Gasteiger partial charge in [0.1, 0.15) is 12.5 Å². The summed E-state index contributed by atoms with van der Waals surface area (Å²) >= 11 is 0. The predicted molar refractivity (Wildman–Crippen MR) is 83.2 cm³/mol. The van der Waals surface area contributed by atoms with Crippen LogP contribution in [0, 0.1) is 0 Å². The number of pyridine rings is 1. The molecule has 0 saturated heterocycles. The number of halogens is 7. The van der Waals surface area contributed by atoms with Gasteiger partial charge >= 0.3 is 12.4 Å². The zero-order chi connectivity index (χ0) is 20.0. The molecule has 27 heavy (non-hydrogen) atoms. The van der Waals surface area contributed by atoms with Crippen LogP contribution < -0.4 is 5.32 Å². The summed E-state index contributed by atoms with van der Waals surface area (Å²) < 4.78 is 92.1. The molecule has 2 aromatic heterocycles. The van der Waals surface area contributed by atoms with Crippen LogP contribution in [0.4, 0.5) is 36.6 Å². The highest BCUT2D eigenvalue weighted by Gasteiger charge is 2.37. The minimum absolute atomic E-state index is 0.0958. The van der Waals surface area contributed by atoms with Gasteiger partial charge in [-0.1, -0.05) is 0 Å². The highest BCUT2D eigenvalue weighted by molar-refractivity contribution is 5.93. The standard InChI is InChI=1S/C16H11F7N4/c1-24-14-12-11(6-9(7-17)25-13(12)16(21,22)23)26-27(14)10-4-2-8(3-5-10)15(18,19)20/h2-6,24H,7H2,1H3. The van der Waals surface area contributed by atoms with Crippen molar-refractivity contribution >= 4 is 16.7 Å². The summed E-state index contributed by atoms with van der Waals surface area (Å²) in [6.45, 7) is -1.22. The van der Waals surface area contributed by atoms with Crippen molar-refractivity contribution in [2.75, 3.05) is 12.4 Å². The van der Waals surface area contributed by atoms with Gasteiger partial charge in [0.05, 0.1) is 27.8 Å². The van der Waals surface area contributed by atoms with Crippen LogP contribution in [0.15, 0.2) is 30.3 Å². The van der Waals surface area contributed by atoms with Gasteiger partial charge in [0.15, 0.2) is 5.69 Å². The van der Waals surface area contributed by atoms with Gasteiger partial charge in [-0.2, -0.15) is 31.4 Å². The summed E-state index contributed by atoms with van der Waals surface area (Å²) in [4.78, 5) is 3.31. The van der Waals surface area contributed by atoms with Crippen molar-refractivity contribution in [2.24, 2.45) is 0 Å². The maximum Gasteiger partial charge on any atom is 0.434 e. The van der Waals surface area contributed by atoms with E-state index in [0.717, 1.165) is 35.0 Å². The second kappa shape index (κ2) is 6.39. The molecule has 0 amide bonds. The van der Waals surface area contributed by atoms with E-state index in [2.05, 4.69) is 15.4 Å². The molecule has 11 heteroatoms. The molecule has 0 fully saturated rings. The summed E-state index contributed by atoms with van der Waals surface area (Å²) in [6, 6.07) is 4.79. The Morgan fingerprint density at radius 2 is 1.63 bits per heavy atom. The maximum absolute atomic E-state index is 13.4. The minimum atomic E-state index is -4.87. The van der Waals surface area contributed by atoms with Crippen molar-refractivity contribution in [2.45, 2.75) is 19.0 Å². The van der Waals surface area contributed by atoms with E-state index in [1.807, 2.05) is 0 Å². The van der Waals surface area contributed by atoms with Crippen molar-refractivity contribution < 1.29 is 30.7 Å². The molecule has 3 rings (SSSR count). The smallest absolute Gasteiger partial charge is 0.372 e. The van der Waals surface area contributed by atoms with E-state index in [9.17, 15) is 30.7 Å². The van der Waals surface area contributed by atoms with Crippen LogP contribution >= 0.6 is 0 Å². The third-order valence-electron chi connectivity index (χ3n) is 3.79. The third-order valence-corrected chi connectivity index (χ3v) is 3.79. The number of hydrogen-bond donors (Lipinski definition) is 1. The zero-order valence-electron chi connectivity index (χ0n) is 13.6. The zero-order valence-corrected chi connectivity index (χ0v) is 13.6. The molecule has 4 nitrogen and oxygen atoms in total. The Morgan fingerprint density at radius 1 is 1.00 bits per heavy atom. The molecular formula is C16H11F7N4. The SMILES string of the molecule is CNc1c2c(C(F)(F)F)nc(CF)cc2nn1-c1ccc(C(F)(F)F)cc1. The Bertz CT molecular complexity index is 972. The Labute approximate surface area is 147 Å². The van der Waals surface area contributed by atoms with Crippen LogP contribution in [0.25, 0.3) is 16.6 Å². The first-order valence-corrected chi connectivity index (χ1v) is 7.47. The molecule has 0 bridgehead atoms. The van der Waals surface area contributed by atoms with Gasteiger partial charge in [-0.05, 0) is 30.3 Å². The van der Waals surface area contributed by atoms with Crippen LogP contribution in [0.3, 0.4) is 0 Å². The lowest BCUT2D eigenvalue weighted by molar-refractivity contribution is -0.140. The predicted octanol–water partition coefficient (Wildman–Crippen LogP) is 4.97. The molecule has 1 aromatic carbocycles. The second-order valence-corrected chi connectivity index (χ2v) is 5.54. The van der Waals surface area contributed by atoms with E-state index in [1.165, 1.54) is 7.05 Å². The van der Waals surface area contributed by atoms with Crippen LogP contribution in [0.5, 0.6) is 0 Å². The number of nitrogens with one attached hydrogen (secondary N) is 1. The van der Waals surface area contributed by atoms with Gasteiger partial charge < -0.3 is 5.32 Å². The number of aromatic nitrogens is 3. The molecule has 0 atom stereocenters. The maximum atomic E-state index is 13.4. The molecule has 3 aromatic rings. The van der Waals surface area contributed by atoms with Crippen molar-refractivity contribution in [3.05, 3.63) is 47.3 Å². The Morgan fingerprint density at radius 3 is 2.11 bits per heavy atom. The number of alkyl halides is 7. The summed E-state index contributed by atoms with van der Waals surface area (Å²) in [5.74, 6) is -0.130. The Balaban J connectivity index is 2.26. The first-order chi connectivity index (χ1) is 12.6. The van der Waals surface area contributed by atoms with Crippen molar-refractivity contribution in [3.63, 3.8) is 0 Å². The molecule has 144 valence electrons.